The molecule has 0 spiro atoms. The first-order valence-electron chi connectivity index (χ1n) is 6.38. The summed E-state index contributed by atoms with van der Waals surface area (Å²) < 4.78 is 2.21. The van der Waals surface area contributed by atoms with Gasteiger partial charge in [-0.05, 0) is 12.0 Å². The van der Waals surface area contributed by atoms with Crippen molar-refractivity contribution in [2.45, 2.75) is 18.7 Å². The van der Waals surface area contributed by atoms with E-state index >= 15 is 0 Å². The van der Waals surface area contributed by atoms with Crippen LogP contribution in [0.2, 0.25) is 0 Å². The lowest BCUT2D eigenvalue weighted by atomic mass is 10.1. The van der Waals surface area contributed by atoms with Gasteiger partial charge in [0, 0.05) is 18.7 Å². The van der Waals surface area contributed by atoms with Gasteiger partial charge in [-0.2, -0.15) is 0 Å². The van der Waals surface area contributed by atoms with Gasteiger partial charge in [0.05, 0.1) is 24.3 Å². The van der Waals surface area contributed by atoms with E-state index in [0.29, 0.717) is 0 Å². The number of hydrogen-bond donors (Lipinski definition) is 1. The van der Waals surface area contributed by atoms with Crippen molar-refractivity contribution >= 4 is 0 Å². The van der Waals surface area contributed by atoms with Gasteiger partial charge in [0.2, 0.25) is 0 Å². The van der Waals surface area contributed by atoms with Gasteiger partial charge in [-0.3, -0.25) is 4.90 Å². The van der Waals surface area contributed by atoms with Crippen LogP contribution in [0.25, 0.3) is 11.3 Å². The van der Waals surface area contributed by atoms with Crippen molar-refractivity contribution in [3.8, 4) is 11.3 Å². The Bertz CT molecular complexity index is 592. The molecule has 2 aliphatic rings. The fourth-order valence-corrected chi connectivity index (χ4v) is 3.18. The van der Waals surface area contributed by atoms with Gasteiger partial charge in [-0.25, -0.2) is 4.98 Å². The van der Waals surface area contributed by atoms with E-state index in [4.69, 9.17) is 0 Å². The number of rotatable bonds is 1. The van der Waals surface area contributed by atoms with Crippen LogP contribution in [0.15, 0.2) is 36.8 Å². The Labute approximate surface area is 105 Å². The molecule has 1 aromatic heterocycles. The molecule has 18 heavy (non-hydrogen) atoms. The molecule has 4 heteroatoms. The molecule has 0 saturated carbocycles. The first kappa shape index (κ1) is 10.3. The molecule has 4 rings (SSSR count). The van der Waals surface area contributed by atoms with Crippen LogP contribution in [0, 0.1) is 0 Å². The number of β-amino-alcohol motifs (C(OH)–C–C–N with tert-alkyl or cyclic N) is 1. The Morgan fingerprint density at radius 1 is 1.28 bits per heavy atom. The predicted octanol–water partition coefficient (Wildman–Crippen LogP) is 1.48. The predicted molar refractivity (Wildman–Crippen MR) is 68.0 cm³/mol. The van der Waals surface area contributed by atoms with E-state index in [9.17, 15) is 5.11 Å². The van der Waals surface area contributed by atoms with E-state index in [1.165, 1.54) is 16.8 Å². The van der Waals surface area contributed by atoms with Gasteiger partial charge in [0.15, 0.2) is 0 Å². The molecule has 4 nitrogen and oxygen atoms in total. The molecule has 1 saturated heterocycles. The van der Waals surface area contributed by atoms with Crippen LogP contribution < -0.4 is 0 Å². The minimum absolute atomic E-state index is 0.190. The summed E-state index contributed by atoms with van der Waals surface area (Å²) in [5, 5.41) is 9.74. The van der Waals surface area contributed by atoms with Crippen molar-refractivity contribution in [1.29, 1.82) is 0 Å². The Balaban J connectivity index is 1.84. The van der Waals surface area contributed by atoms with E-state index in [-0.39, 0.29) is 12.3 Å². The molecule has 0 bridgehead atoms. The lowest BCUT2D eigenvalue weighted by Gasteiger charge is -2.26. The van der Waals surface area contributed by atoms with Gasteiger partial charge in [-0.1, -0.05) is 24.3 Å². The van der Waals surface area contributed by atoms with Crippen LogP contribution in [0.1, 0.15) is 18.2 Å². The smallest absolute Gasteiger partial charge is 0.115 e. The molecular weight excluding hydrogens is 226 g/mol. The van der Waals surface area contributed by atoms with Crippen molar-refractivity contribution in [3.05, 3.63) is 42.4 Å². The number of hydrogen-bond acceptors (Lipinski definition) is 3. The van der Waals surface area contributed by atoms with Gasteiger partial charge in [-0.15, -0.1) is 0 Å². The van der Waals surface area contributed by atoms with E-state index in [1.807, 2.05) is 12.5 Å². The van der Waals surface area contributed by atoms with Crippen LogP contribution in [0.4, 0.5) is 0 Å². The highest BCUT2D eigenvalue weighted by atomic mass is 16.3. The summed E-state index contributed by atoms with van der Waals surface area (Å²) in [6.07, 6.45) is 4.69. The maximum absolute atomic E-state index is 9.74. The third-order valence-electron chi connectivity index (χ3n) is 3.99. The molecule has 0 aliphatic carbocycles. The van der Waals surface area contributed by atoms with Gasteiger partial charge in [0.1, 0.15) is 6.17 Å². The summed E-state index contributed by atoms with van der Waals surface area (Å²) in [7, 11) is 0. The summed E-state index contributed by atoms with van der Waals surface area (Å²) >= 11 is 0. The second kappa shape index (κ2) is 3.67. The lowest BCUT2D eigenvalue weighted by molar-refractivity contribution is 0.152. The third-order valence-corrected chi connectivity index (χ3v) is 3.99. The fraction of sp³-hybridized carbons (Fsp3) is 0.357. The van der Waals surface area contributed by atoms with E-state index in [0.717, 1.165) is 19.5 Å². The summed E-state index contributed by atoms with van der Waals surface area (Å²) in [5.41, 5.74) is 3.77. The van der Waals surface area contributed by atoms with E-state index in [2.05, 4.69) is 38.7 Å². The van der Waals surface area contributed by atoms with Gasteiger partial charge < -0.3 is 9.67 Å². The molecule has 1 aromatic carbocycles. The first-order chi connectivity index (χ1) is 8.84. The molecular formula is C14H15N3O. The Kier molecular flexibility index (Phi) is 2.10. The highest BCUT2D eigenvalue weighted by Crippen LogP contribution is 2.41. The Morgan fingerprint density at radius 3 is 3.00 bits per heavy atom. The highest BCUT2D eigenvalue weighted by molar-refractivity contribution is 5.68. The van der Waals surface area contributed by atoms with Gasteiger partial charge >= 0.3 is 0 Å². The number of aromatic nitrogens is 2. The van der Waals surface area contributed by atoms with Crippen LogP contribution in [-0.4, -0.2) is 38.8 Å². The van der Waals surface area contributed by atoms with Crippen LogP contribution >= 0.6 is 0 Å². The molecule has 2 atom stereocenters. The quantitative estimate of drug-likeness (QED) is 0.822. The average molecular weight is 241 g/mol. The molecule has 2 aliphatic heterocycles. The molecule has 0 amide bonds. The molecule has 92 valence electrons. The normalized spacial score (nSPS) is 26.3. The number of nitrogens with zero attached hydrogens (tertiary/aromatic N) is 3. The molecule has 3 heterocycles. The number of imidazole rings is 1. The fourth-order valence-electron chi connectivity index (χ4n) is 3.18. The van der Waals surface area contributed by atoms with Gasteiger partial charge in [0.25, 0.3) is 0 Å². The number of likely N-dealkylation sites (tertiary alicyclic amines) is 1. The SMILES string of the molecule is OC1CCN(C2c3ccccc3-c3cncn32)C1. The van der Waals surface area contributed by atoms with Crippen molar-refractivity contribution < 1.29 is 5.11 Å². The number of aliphatic hydroxyl groups is 1. The second-order valence-corrected chi connectivity index (χ2v) is 5.08. The number of fused-ring (bicyclic) bond motifs is 3. The third kappa shape index (κ3) is 1.30. The van der Waals surface area contributed by atoms with E-state index in [1.54, 1.807) is 0 Å². The minimum atomic E-state index is -0.190. The zero-order chi connectivity index (χ0) is 12.1. The van der Waals surface area contributed by atoms with Crippen molar-refractivity contribution in [2.24, 2.45) is 0 Å². The summed E-state index contributed by atoms with van der Waals surface area (Å²) in [6.45, 7) is 1.69. The second-order valence-electron chi connectivity index (χ2n) is 5.08. The van der Waals surface area contributed by atoms with E-state index < -0.39 is 0 Å². The van der Waals surface area contributed by atoms with Crippen LogP contribution in [0.5, 0.6) is 0 Å². The molecule has 0 radical (unpaired) electrons. The molecule has 1 fully saturated rings. The molecule has 1 N–H and O–H groups in total. The topological polar surface area (TPSA) is 41.3 Å². The minimum Gasteiger partial charge on any atom is -0.392 e. The van der Waals surface area contributed by atoms with Crippen LogP contribution in [0.3, 0.4) is 0 Å². The molecule has 2 unspecified atom stereocenters. The maximum atomic E-state index is 9.74. The monoisotopic (exact) mass is 241 g/mol. The van der Waals surface area contributed by atoms with Crippen LogP contribution in [-0.2, 0) is 0 Å². The highest BCUT2D eigenvalue weighted by Gasteiger charge is 2.35. The lowest BCUT2D eigenvalue weighted by Crippen LogP contribution is -2.30. The zero-order valence-electron chi connectivity index (χ0n) is 10.0. The largest absolute Gasteiger partial charge is 0.392 e. The summed E-state index contributed by atoms with van der Waals surface area (Å²) in [5.74, 6) is 0. The summed E-state index contributed by atoms with van der Waals surface area (Å²) in [4.78, 5) is 6.59. The zero-order valence-corrected chi connectivity index (χ0v) is 10.0. The standard InChI is InChI=1S/C14H15N3O/c18-10-5-6-16(8-10)14-12-4-2-1-3-11(12)13-7-15-9-17(13)14/h1-4,7,9-10,14,18H,5-6,8H2. The number of aliphatic hydroxyl groups excluding tert-OH is 1. The Hall–Kier alpha value is -1.65. The average Bonchev–Trinajstić information content (AvgIpc) is 3.04. The maximum Gasteiger partial charge on any atom is 0.115 e. The molecule has 2 aromatic rings. The Morgan fingerprint density at radius 2 is 2.17 bits per heavy atom. The summed E-state index contributed by atoms with van der Waals surface area (Å²) in [6, 6.07) is 8.47. The van der Waals surface area contributed by atoms with Crippen molar-refractivity contribution in [2.75, 3.05) is 13.1 Å². The van der Waals surface area contributed by atoms with Crippen molar-refractivity contribution in [3.63, 3.8) is 0 Å². The number of benzene rings is 1. The van der Waals surface area contributed by atoms with Crippen molar-refractivity contribution in [1.82, 2.24) is 14.5 Å². The first-order valence-corrected chi connectivity index (χ1v) is 6.38.